The Kier molecular flexibility index (Phi) is 8.24. The van der Waals surface area contributed by atoms with Crippen LogP contribution in [0.5, 0.6) is 11.5 Å². The maximum absolute atomic E-state index is 12.6. The summed E-state index contributed by atoms with van der Waals surface area (Å²) in [6, 6.07) is 21.7. The van der Waals surface area contributed by atoms with Gasteiger partial charge in [0.15, 0.2) is 6.10 Å². The van der Waals surface area contributed by atoms with Crippen LogP contribution in [0.1, 0.15) is 28.4 Å². The molecule has 0 aromatic heterocycles. The Balaban J connectivity index is 1.88. The standard InChI is InChI=1S/C24H22BrNO6/c25-17-11-12-20(28)19(15-17)22(21(13-14-27)31-18-9-5-2-6-10-18)32-24(30)26-23(29)16-7-3-1-4-8-16/h1-12,15,21-22,27-28H,13-14H2,(H,26,29,30)/t21-,22-/m1/s1. The molecule has 3 rings (SSSR count). The van der Waals surface area contributed by atoms with Crippen LogP contribution in [0.25, 0.3) is 0 Å². The molecule has 0 aliphatic carbocycles. The molecule has 8 heteroatoms. The van der Waals surface area contributed by atoms with Crippen molar-refractivity contribution < 1.29 is 29.3 Å². The zero-order chi connectivity index (χ0) is 22.9. The summed E-state index contributed by atoms with van der Waals surface area (Å²) in [7, 11) is 0. The van der Waals surface area contributed by atoms with E-state index in [-0.39, 0.29) is 24.3 Å². The van der Waals surface area contributed by atoms with Gasteiger partial charge in [0.2, 0.25) is 0 Å². The second kappa shape index (κ2) is 11.3. The van der Waals surface area contributed by atoms with Crippen LogP contribution >= 0.6 is 15.9 Å². The molecule has 166 valence electrons. The summed E-state index contributed by atoms with van der Waals surface area (Å²) >= 11 is 3.35. The summed E-state index contributed by atoms with van der Waals surface area (Å²) in [5.74, 6) is -0.259. The largest absolute Gasteiger partial charge is 0.508 e. The van der Waals surface area contributed by atoms with Crippen LogP contribution in [-0.2, 0) is 4.74 Å². The average Bonchev–Trinajstić information content (AvgIpc) is 2.80. The molecule has 7 nitrogen and oxygen atoms in total. The van der Waals surface area contributed by atoms with Crippen molar-refractivity contribution in [3.05, 3.63) is 94.5 Å². The van der Waals surface area contributed by atoms with Gasteiger partial charge in [-0.25, -0.2) is 4.79 Å². The summed E-state index contributed by atoms with van der Waals surface area (Å²) in [6.45, 7) is -0.253. The third-order valence-electron chi connectivity index (χ3n) is 4.56. The van der Waals surface area contributed by atoms with E-state index < -0.39 is 24.2 Å². The fourth-order valence-corrected chi connectivity index (χ4v) is 3.44. The lowest BCUT2D eigenvalue weighted by atomic mass is 10.0. The summed E-state index contributed by atoms with van der Waals surface area (Å²) in [5, 5.41) is 22.2. The van der Waals surface area contributed by atoms with Crippen LogP contribution in [0, 0.1) is 0 Å². The van der Waals surface area contributed by atoms with Crippen LogP contribution in [-0.4, -0.2) is 34.9 Å². The smallest absolute Gasteiger partial charge is 0.414 e. The van der Waals surface area contributed by atoms with Gasteiger partial charge in [0, 0.05) is 28.6 Å². The summed E-state index contributed by atoms with van der Waals surface area (Å²) in [6.07, 6.45) is -2.88. The van der Waals surface area contributed by atoms with E-state index in [1.165, 1.54) is 6.07 Å². The first kappa shape index (κ1) is 23.3. The number of nitrogens with one attached hydrogen (secondary N) is 1. The number of ether oxygens (including phenoxy) is 2. The maximum Gasteiger partial charge on any atom is 0.414 e. The molecule has 3 aromatic carbocycles. The first-order chi connectivity index (χ1) is 15.5. The Morgan fingerprint density at radius 2 is 1.62 bits per heavy atom. The molecule has 0 saturated heterocycles. The number of para-hydroxylation sites is 1. The minimum absolute atomic E-state index is 0.103. The molecular weight excluding hydrogens is 478 g/mol. The van der Waals surface area contributed by atoms with Crippen molar-refractivity contribution in [2.75, 3.05) is 6.61 Å². The molecule has 32 heavy (non-hydrogen) atoms. The second-order valence-corrected chi connectivity index (χ2v) is 7.75. The SMILES string of the molecule is O=C(NC(=O)c1ccccc1)O[C@H](c1cc(Br)ccc1O)[C@@H](CCO)Oc1ccccc1. The van der Waals surface area contributed by atoms with Gasteiger partial charge in [0.1, 0.15) is 17.6 Å². The van der Waals surface area contributed by atoms with Crippen LogP contribution in [0.3, 0.4) is 0 Å². The first-order valence-corrected chi connectivity index (χ1v) is 10.6. The van der Waals surface area contributed by atoms with Crippen LogP contribution in [0.4, 0.5) is 4.79 Å². The molecule has 0 fully saturated rings. The highest BCUT2D eigenvalue weighted by molar-refractivity contribution is 9.10. The molecular formula is C24H22BrNO6. The van der Waals surface area contributed by atoms with Crippen molar-refractivity contribution in [3.63, 3.8) is 0 Å². The summed E-state index contributed by atoms with van der Waals surface area (Å²) in [4.78, 5) is 24.9. The van der Waals surface area contributed by atoms with Crippen LogP contribution in [0.2, 0.25) is 0 Å². The monoisotopic (exact) mass is 499 g/mol. The van der Waals surface area contributed by atoms with Gasteiger partial charge in [-0.05, 0) is 42.5 Å². The number of aliphatic hydroxyl groups is 1. The number of benzene rings is 3. The first-order valence-electron chi connectivity index (χ1n) is 9.86. The predicted molar refractivity (Wildman–Crippen MR) is 121 cm³/mol. The minimum atomic E-state index is -1.12. The molecule has 2 atom stereocenters. The molecule has 0 aliphatic rings. The third kappa shape index (κ3) is 6.32. The number of carbonyl (C=O) groups excluding carboxylic acids is 2. The number of alkyl carbamates (subject to hydrolysis) is 1. The van der Waals surface area contributed by atoms with Crippen molar-refractivity contribution >= 4 is 27.9 Å². The van der Waals surface area contributed by atoms with E-state index in [1.54, 1.807) is 66.7 Å². The molecule has 0 unspecified atom stereocenters. The molecule has 0 heterocycles. The number of phenols is 1. The van der Waals surface area contributed by atoms with E-state index in [1.807, 2.05) is 6.07 Å². The Morgan fingerprint density at radius 3 is 2.28 bits per heavy atom. The molecule has 0 radical (unpaired) electrons. The summed E-state index contributed by atoms with van der Waals surface area (Å²) < 4.78 is 12.2. The number of hydrogen-bond donors (Lipinski definition) is 3. The number of rotatable bonds is 8. The number of carbonyl (C=O) groups is 2. The summed E-state index contributed by atoms with van der Waals surface area (Å²) in [5.41, 5.74) is 0.551. The highest BCUT2D eigenvalue weighted by Crippen LogP contribution is 2.35. The maximum atomic E-state index is 12.6. The van der Waals surface area contributed by atoms with Gasteiger partial charge in [0.25, 0.3) is 5.91 Å². The van der Waals surface area contributed by atoms with Gasteiger partial charge in [-0.1, -0.05) is 52.3 Å². The van der Waals surface area contributed by atoms with Crippen molar-refractivity contribution in [3.8, 4) is 11.5 Å². The van der Waals surface area contributed by atoms with Crippen molar-refractivity contribution in [2.45, 2.75) is 18.6 Å². The van der Waals surface area contributed by atoms with E-state index in [0.29, 0.717) is 15.8 Å². The number of hydrogen-bond acceptors (Lipinski definition) is 6. The van der Waals surface area contributed by atoms with Crippen LogP contribution in [0.15, 0.2) is 83.3 Å². The Morgan fingerprint density at radius 1 is 0.969 bits per heavy atom. The van der Waals surface area contributed by atoms with Gasteiger partial charge < -0.3 is 19.7 Å². The van der Waals surface area contributed by atoms with Crippen molar-refractivity contribution in [1.29, 1.82) is 0 Å². The Bertz CT molecular complexity index is 1040. The highest BCUT2D eigenvalue weighted by atomic mass is 79.9. The molecule has 0 spiro atoms. The zero-order valence-corrected chi connectivity index (χ0v) is 18.6. The number of aliphatic hydroxyl groups excluding tert-OH is 1. The third-order valence-corrected chi connectivity index (χ3v) is 5.06. The van der Waals surface area contributed by atoms with E-state index in [0.717, 1.165) is 0 Å². The zero-order valence-electron chi connectivity index (χ0n) is 17.0. The van der Waals surface area contributed by atoms with Crippen LogP contribution < -0.4 is 10.1 Å². The lowest BCUT2D eigenvalue weighted by Crippen LogP contribution is -2.36. The molecule has 3 N–H and O–H groups in total. The number of amides is 2. The quantitative estimate of drug-likeness (QED) is 0.418. The molecule has 0 bridgehead atoms. The lowest BCUT2D eigenvalue weighted by molar-refractivity contribution is 0.00283. The topological polar surface area (TPSA) is 105 Å². The van der Waals surface area contributed by atoms with E-state index in [9.17, 15) is 19.8 Å². The van der Waals surface area contributed by atoms with Gasteiger partial charge in [0.05, 0.1) is 0 Å². The number of phenolic OH excluding ortho intramolecular Hbond substituents is 1. The van der Waals surface area contributed by atoms with Gasteiger partial charge >= 0.3 is 6.09 Å². The van der Waals surface area contributed by atoms with Crippen molar-refractivity contribution in [1.82, 2.24) is 5.32 Å². The average molecular weight is 500 g/mol. The highest BCUT2D eigenvalue weighted by Gasteiger charge is 2.32. The lowest BCUT2D eigenvalue weighted by Gasteiger charge is -2.28. The van der Waals surface area contributed by atoms with E-state index in [2.05, 4.69) is 21.2 Å². The number of aromatic hydroxyl groups is 1. The van der Waals surface area contributed by atoms with Gasteiger partial charge in [-0.3, -0.25) is 10.1 Å². The normalized spacial score (nSPS) is 12.4. The second-order valence-electron chi connectivity index (χ2n) is 6.83. The fourth-order valence-electron chi connectivity index (χ4n) is 3.07. The van der Waals surface area contributed by atoms with Crippen molar-refractivity contribution in [2.24, 2.45) is 0 Å². The molecule has 0 aliphatic heterocycles. The molecule has 3 aromatic rings. The van der Waals surface area contributed by atoms with Gasteiger partial charge in [-0.15, -0.1) is 0 Å². The Hall–Kier alpha value is -3.36. The minimum Gasteiger partial charge on any atom is -0.508 e. The molecule has 0 saturated carbocycles. The predicted octanol–water partition coefficient (Wildman–Crippen LogP) is 4.59. The van der Waals surface area contributed by atoms with Gasteiger partial charge in [-0.2, -0.15) is 0 Å². The molecule has 2 amide bonds. The fraction of sp³-hybridized carbons (Fsp3) is 0.167. The number of halogens is 1. The Labute approximate surface area is 193 Å². The van der Waals surface area contributed by atoms with E-state index >= 15 is 0 Å². The van der Waals surface area contributed by atoms with E-state index in [4.69, 9.17) is 9.47 Å². The number of imide groups is 1.